The minimum Gasteiger partial charge on any atom is -0.405 e. The molecule has 0 amide bonds. The van der Waals surface area contributed by atoms with E-state index in [2.05, 4.69) is 16.9 Å². The molecular formula is C25H44N2O2. The first-order chi connectivity index (χ1) is 14.0. The van der Waals surface area contributed by atoms with Crippen LogP contribution in [0.5, 0.6) is 5.88 Å². The highest BCUT2D eigenvalue weighted by molar-refractivity contribution is 5.72. The van der Waals surface area contributed by atoms with Crippen LogP contribution >= 0.6 is 0 Å². The number of nitrogens with zero attached hydrogens (tertiary/aromatic N) is 2. The van der Waals surface area contributed by atoms with E-state index in [9.17, 15) is 4.79 Å². The number of carbonyl (C=O) groups excluding carboxylic acids is 1. The van der Waals surface area contributed by atoms with Crippen LogP contribution in [0.3, 0.4) is 0 Å². The van der Waals surface area contributed by atoms with E-state index in [4.69, 9.17) is 4.74 Å². The van der Waals surface area contributed by atoms with Gasteiger partial charge in [-0.1, -0.05) is 96.8 Å². The number of unbranched alkanes of at least 4 members (excludes halogenated alkanes) is 14. The van der Waals surface area contributed by atoms with Gasteiger partial charge < -0.3 is 4.74 Å². The molecule has 0 saturated carbocycles. The first kappa shape index (κ1) is 25.6. The lowest BCUT2D eigenvalue weighted by atomic mass is 10.0. The molecule has 0 fully saturated rings. The van der Waals surface area contributed by atoms with E-state index in [1.807, 2.05) is 20.8 Å². The largest absolute Gasteiger partial charge is 0.405 e. The number of aromatic nitrogens is 2. The van der Waals surface area contributed by atoms with Crippen molar-refractivity contribution in [1.29, 1.82) is 0 Å². The van der Waals surface area contributed by atoms with Gasteiger partial charge in [-0.2, -0.15) is 0 Å². The summed E-state index contributed by atoms with van der Waals surface area (Å²) in [6.45, 7) is 7.90. The molecule has 0 unspecified atom stereocenters. The monoisotopic (exact) mass is 404 g/mol. The lowest BCUT2D eigenvalue weighted by molar-refractivity contribution is -0.134. The van der Waals surface area contributed by atoms with Crippen LogP contribution in [0.1, 0.15) is 127 Å². The number of esters is 1. The van der Waals surface area contributed by atoms with Crippen molar-refractivity contribution in [3.8, 4) is 5.88 Å². The van der Waals surface area contributed by atoms with Crippen LogP contribution in [0.2, 0.25) is 0 Å². The Labute approximate surface area is 179 Å². The fourth-order valence-electron chi connectivity index (χ4n) is 3.59. The van der Waals surface area contributed by atoms with E-state index in [0.717, 1.165) is 24.2 Å². The van der Waals surface area contributed by atoms with Crippen molar-refractivity contribution in [1.82, 2.24) is 9.97 Å². The van der Waals surface area contributed by atoms with Gasteiger partial charge in [-0.05, 0) is 27.2 Å². The van der Waals surface area contributed by atoms with Gasteiger partial charge in [0.1, 0.15) is 5.69 Å². The first-order valence-corrected chi connectivity index (χ1v) is 12.1. The second kappa shape index (κ2) is 16.4. The molecule has 29 heavy (non-hydrogen) atoms. The summed E-state index contributed by atoms with van der Waals surface area (Å²) in [5.41, 5.74) is 2.37. The van der Waals surface area contributed by atoms with Crippen LogP contribution in [0.15, 0.2) is 0 Å². The van der Waals surface area contributed by atoms with Crippen molar-refractivity contribution in [2.75, 3.05) is 0 Å². The third kappa shape index (κ3) is 12.7. The van der Waals surface area contributed by atoms with E-state index < -0.39 is 0 Å². The Morgan fingerprint density at radius 2 is 1.03 bits per heavy atom. The summed E-state index contributed by atoms with van der Waals surface area (Å²) in [5.74, 6) is 0.166. The number of ether oxygens (including phenoxy) is 1. The van der Waals surface area contributed by atoms with Gasteiger partial charge in [-0.15, -0.1) is 0 Å². The topological polar surface area (TPSA) is 52.1 Å². The van der Waals surface area contributed by atoms with E-state index in [-0.39, 0.29) is 5.97 Å². The lowest BCUT2D eigenvalue weighted by Crippen LogP contribution is -2.11. The molecule has 1 heterocycles. The van der Waals surface area contributed by atoms with Crippen LogP contribution < -0.4 is 4.74 Å². The summed E-state index contributed by atoms with van der Waals surface area (Å²) in [6, 6.07) is 0. The molecule has 0 bridgehead atoms. The molecule has 166 valence electrons. The molecule has 4 heteroatoms. The molecule has 1 aromatic heterocycles. The van der Waals surface area contributed by atoms with Crippen molar-refractivity contribution in [3.63, 3.8) is 0 Å². The fraction of sp³-hybridized carbons (Fsp3) is 0.800. The van der Waals surface area contributed by atoms with Crippen molar-refractivity contribution < 1.29 is 9.53 Å². The number of aryl methyl sites for hydroxylation is 3. The normalized spacial score (nSPS) is 11.0. The predicted molar refractivity (Wildman–Crippen MR) is 121 cm³/mol. The zero-order chi connectivity index (χ0) is 21.3. The van der Waals surface area contributed by atoms with Crippen LogP contribution in [-0.4, -0.2) is 15.9 Å². The number of rotatable bonds is 17. The quantitative estimate of drug-likeness (QED) is 0.198. The van der Waals surface area contributed by atoms with Crippen LogP contribution in [0.25, 0.3) is 0 Å². The first-order valence-electron chi connectivity index (χ1n) is 12.1. The highest BCUT2D eigenvalue weighted by atomic mass is 16.5. The molecule has 1 aromatic rings. The van der Waals surface area contributed by atoms with Gasteiger partial charge in [-0.25, -0.2) is 4.98 Å². The van der Waals surface area contributed by atoms with E-state index >= 15 is 0 Å². The third-order valence-electron chi connectivity index (χ3n) is 5.63. The van der Waals surface area contributed by atoms with E-state index in [1.165, 1.54) is 83.5 Å². The van der Waals surface area contributed by atoms with Crippen LogP contribution in [0.4, 0.5) is 0 Å². The molecule has 0 aliphatic carbocycles. The van der Waals surface area contributed by atoms with Gasteiger partial charge in [0.05, 0.1) is 11.4 Å². The van der Waals surface area contributed by atoms with E-state index in [0.29, 0.717) is 18.0 Å². The zero-order valence-electron chi connectivity index (χ0n) is 19.5. The summed E-state index contributed by atoms with van der Waals surface area (Å²) >= 11 is 0. The molecule has 0 aliphatic heterocycles. The summed E-state index contributed by atoms with van der Waals surface area (Å²) in [7, 11) is 0. The SMILES string of the molecule is CCCCCCCCCCCCCCCCCC(=O)Oc1nc(C)c(C)nc1C. The standard InChI is InChI=1S/C25H44N2O2/c1-5-6-7-8-9-10-11-12-13-14-15-16-17-18-19-20-24(28)29-25-23(4)26-21(2)22(3)27-25/h5-20H2,1-4H3. The maximum atomic E-state index is 12.0. The van der Waals surface area contributed by atoms with Crippen molar-refractivity contribution in [2.45, 2.75) is 130 Å². The highest BCUT2D eigenvalue weighted by Gasteiger charge is 2.11. The Kier molecular flexibility index (Phi) is 14.4. The average Bonchev–Trinajstić information content (AvgIpc) is 2.69. The van der Waals surface area contributed by atoms with Gasteiger partial charge in [0.15, 0.2) is 0 Å². The molecule has 0 radical (unpaired) electrons. The molecular weight excluding hydrogens is 360 g/mol. The Morgan fingerprint density at radius 1 is 0.621 bits per heavy atom. The van der Waals surface area contributed by atoms with Crippen molar-refractivity contribution in [2.24, 2.45) is 0 Å². The van der Waals surface area contributed by atoms with E-state index in [1.54, 1.807) is 0 Å². The van der Waals surface area contributed by atoms with Gasteiger partial charge in [0, 0.05) is 6.42 Å². The van der Waals surface area contributed by atoms with Crippen LogP contribution in [0, 0.1) is 20.8 Å². The Morgan fingerprint density at radius 3 is 1.52 bits per heavy atom. The Bertz CT molecular complexity index is 572. The van der Waals surface area contributed by atoms with Gasteiger partial charge in [-0.3, -0.25) is 9.78 Å². The van der Waals surface area contributed by atoms with Gasteiger partial charge in [0.2, 0.25) is 5.88 Å². The Balaban J connectivity index is 1.92. The molecule has 0 atom stereocenters. The average molecular weight is 405 g/mol. The van der Waals surface area contributed by atoms with Crippen LogP contribution in [-0.2, 0) is 4.79 Å². The summed E-state index contributed by atoms with van der Waals surface area (Å²) in [6.07, 6.45) is 20.3. The molecule has 0 saturated heterocycles. The molecule has 0 N–H and O–H groups in total. The third-order valence-corrected chi connectivity index (χ3v) is 5.63. The maximum absolute atomic E-state index is 12.0. The minimum atomic E-state index is -0.194. The zero-order valence-corrected chi connectivity index (χ0v) is 19.5. The molecule has 0 aliphatic rings. The summed E-state index contributed by atoms with van der Waals surface area (Å²) in [5, 5.41) is 0. The molecule has 4 nitrogen and oxygen atoms in total. The maximum Gasteiger partial charge on any atom is 0.312 e. The summed E-state index contributed by atoms with van der Waals surface area (Å²) in [4.78, 5) is 20.7. The Hall–Kier alpha value is -1.45. The van der Waals surface area contributed by atoms with Gasteiger partial charge >= 0.3 is 5.97 Å². The highest BCUT2D eigenvalue weighted by Crippen LogP contribution is 2.17. The van der Waals surface area contributed by atoms with Crippen molar-refractivity contribution >= 4 is 5.97 Å². The summed E-state index contributed by atoms with van der Waals surface area (Å²) < 4.78 is 5.39. The predicted octanol–water partition coefficient (Wildman–Crippen LogP) is 7.57. The van der Waals surface area contributed by atoms with Gasteiger partial charge in [0.25, 0.3) is 0 Å². The fourth-order valence-corrected chi connectivity index (χ4v) is 3.59. The number of hydrogen-bond donors (Lipinski definition) is 0. The lowest BCUT2D eigenvalue weighted by Gasteiger charge is -2.08. The second-order valence-electron chi connectivity index (χ2n) is 8.46. The number of hydrogen-bond acceptors (Lipinski definition) is 4. The molecule has 0 aromatic carbocycles. The molecule has 0 spiro atoms. The second-order valence-corrected chi connectivity index (χ2v) is 8.46. The molecule has 1 rings (SSSR count). The minimum absolute atomic E-state index is 0.194. The number of carbonyl (C=O) groups is 1. The van der Waals surface area contributed by atoms with Crippen molar-refractivity contribution in [3.05, 3.63) is 17.1 Å². The smallest absolute Gasteiger partial charge is 0.312 e.